The van der Waals surface area contributed by atoms with E-state index in [1.54, 1.807) is 0 Å². The second-order valence-corrected chi connectivity index (χ2v) is 9.14. The van der Waals surface area contributed by atoms with Crippen LogP contribution in [-0.2, 0) is 0 Å². The van der Waals surface area contributed by atoms with E-state index in [0.29, 0.717) is 6.61 Å². The minimum Gasteiger partial charge on any atom is -0.492 e. The van der Waals surface area contributed by atoms with Crippen molar-refractivity contribution in [1.29, 1.82) is 0 Å². The lowest BCUT2D eigenvalue weighted by Crippen LogP contribution is -2.47. The molecule has 34 heavy (non-hydrogen) atoms. The molecule has 0 N–H and O–H groups in total. The van der Waals surface area contributed by atoms with Gasteiger partial charge in [-0.05, 0) is 73.8 Å². The van der Waals surface area contributed by atoms with Gasteiger partial charge in [0.1, 0.15) is 24.0 Å². The second-order valence-electron chi connectivity index (χ2n) is 9.14. The van der Waals surface area contributed by atoms with Crippen LogP contribution in [0.3, 0.4) is 0 Å². The highest BCUT2D eigenvalue weighted by molar-refractivity contribution is 5.32. The number of aryl methyl sites for hydroxylation is 1. The monoisotopic (exact) mass is 464 g/mol. The Bertz CT molecular complexity index is 952. The molecule has 0 bridgehead atoms. The quantitative estimate of drug-likeness (QED) is 0.373. The number of ether oxygens (including phenoxy) is 1. The fourth-order valence-corrected chi connectivity index (χ4v) is 4.60. The molecule has 0 atom stereocenters. The first-order chi connectivity index (χ1) is 16.6. The standard InChI is InChI=1S/C29H34F2N2O/c1-23-4-14-28(15-5-23)34-22-21-33-19-17-32(18-20-33)16-2-3-29(24-6-10-26(30)11-7-24)25-8-12-27(31)13-9-25/h4-15,29H,2-3,16-22H2,1H3. The highest BCUT2D eigenvalue weighted by atomic mass is 19.1. The third-order valence-electron chi connectivity index (χ3n) is 6.67. The zero-order chi connectivity index (χ0) is 23.8. The van der Waals surface area contributed by atoms with E-state index in [2.05, 4.69) is 28.9 Å². The number of hydrogen-bond donors (Lipinski definition) is 0. The maximum Gasteiger partial charge on any atom is 0.123 e. The molecule has 1 heterocycles. The van der Waals surface area contributed by atoms with E-state index in [1.165, 1.54) is 29.8 Å². The van der Waals surface area contributed by atoms with Gasteiger partial charge in [0, 0.05) is 38.6 Å². The third-order valence-corrected chi connectivity index (χ3v) is 6.67. The molecule has 5 heteroatoms. The number of halogens is 2. The Kier molecular flexibility index (Phi) is 8.67. The summed E-state index contributed by atoms with van der Waals surface area (Å²) in [4.78, 5) is 4.98. The highest BCUT2D eigenvalue weighted by Gasteiger charge is 2.19. The molecular formula is C29H34F2N2O. The molecule has 1 aliphatic heterocycles. The number of hydrogen-bond acceptors (Lipinski definition) is 3. The van der Waals surface area contributed by atoms with Gasteiger partial charge in [-0.15, -0.1) is 0 Å². The molecule has 3 nitrogen and oxygen atoms in total. The number of rotatable bonds is 10. The van der Waals surface area contributed by atoms with E-state index in [0.717, 1.165) is 69.0 Å². The van der Waals surface area contributed by atoms with E-state index < -0.39 is 0 Å². The van der Waals surface area contributed by atoms with Gasteiger partial charge in [-0.3, -0.25) is 4.90 Å². The van der Waals surface area contributed by atoms with E-state index in [4.69, 9.17) is 4.74 Å². The van der Waals surface area contributed by atoms with Crippen molar-refractivity contribution in [2.75, 3.05) is 45.9 Å². The van der Waals surface area contributed by atoms with E-state index in [1.807, 2.05) is 36.4 Å². The molecule has 1 aliphatic rings. The van der Waals surface area contributed by atoms with Crippen molar-refractivity contribution in [2.24, 2.45) is 0 Å². The first-order valence-electron chi connectivity index (χ1n) is 12.2. The summed E-state index contributed by atoms with van der Waals surface area (Å²) in [6, 6.07) is 21.6. The van der Waals surface area contributed by atoms with Gasteiger partial charge < -0.3 is 9.64 Å². The molecule has 3 aromatic rings. The SMILES string of the molecule is Cc1ccc(OCCN2CCN(CCCC(c3ccc(F)cc3)c3ccc(F)cc3)CC2)cc1. The summed E-state index contributed by atoms with van der Waals surface area (Å²) < 4.78 is 32.8. The minimum absolute atomic E-state index is 0.140. The van der Waals surface area contributed by atoms with Crippen molar-refractivity contribution in [1.82, 2.24) is 9.80 Å². The molecule has 4 rings (SSSR count). The average molecular weight is 465 g/mol. The third kappa shape index (κ3) is 7.12. The average Bonchev–Trinajstić information content (AvgIpc) is 2.85. The van der Waals surface area contributed by atoms with E-state index in [-0.39, 0.29) is 17.6 Å². The van der Waals surface area contributed by atoms with Gasteiger partial charge in [-0.2, -0.15) is 0 Å². The lowest BCUT2D eigenvalue weighted by atomic mass is 9.87. The van der Waals surface area contributed by atoms with Crippen molar-refractivity contribution in [2.45, 2.75) is 25.7 Å². The van der Waals surface area contributed by atoms with Crippen LogP contribution in [0.5, 0.6) is 5.75 Å². The Morgan fingerprint density at radius 2 is 1.21 bits per heavy atom. The van der Waals surface area contributed by atoms with Gasteiger partial charge in [-0.25, -0.2) is 8.78 Å². The molecule has 0 amide bonds. The van der Waals surface area contributed by atoms with Gasteiger partial charge in [0.2, 0.25) is 0 Å². The van der Waals surface area contributed by atoms with Gasteiger partial charge in [0.05, 0.1) is 0 Å². The van der Waals surface area contributed by atoms with Crippen LogP contribution in [0.15, 0.2) is 72.8 Å². The Hall–Kier alpha value is -2.76. The molecule has 0 radical (unpaired) electrons. The normalized spacial score (nSPS) is 15.1. The summed E-state index contributed by atoms with van der Waals surface area (Å²) in [6.45, 7) is 8.98. The predicted molar refractivity (Wildman–Crippen MR) is 133 cm³/mol. The van der Waals surface area contributed by atoms with Crippen LogP contribution in [0.4, 0.5) is 8.78 Å². The first kappa shape index (κ1) is 24.4. The molecule has 0 saturated carbocycles. The topological polar surface area (TPSA) is 15.7 Å². The highest BCUT2D eigenvalue weighted by Crippen LogP contribution is 2.30. The van der Waals surface area contributed by atoms with Crippen LogP contribution >= 0.6 is 0 Å². The first-order valence-corrected chi connectivity index (χ1v) is 12.2. The van der Waals surface area contributed by atoms with Crippen LogP contribution in [0.1, 0.15) is 35.4 Å². The minimum atomic E-state index is -0.233. The van der Waals surface area contributed by atoms with Crippen LogP contribution < -0.4 is 4.74 Å². The molecule has 0 aliphatic carbocycles. The van der Waals surface area contributed by atoms with E-state index in [9.17, 15) is 8.78 Å². The maximum absolute atomic E-state index is 13.4. The van der Waals surface area contributed by atoms with Gasteiger partial charge in [-0.1, -0.05) is 42.0 Å². The maximum atomic E-state index is 13.4. The van der Waals surface area contributed by atoms with Crippen LogP contribution in [0, 0.1) is 18.6 Å². The van der Waals surface area contributed by atoms with Crippen molar-refractivity contribution < 1.29 is 13.5 Å². The van der Waals surface area contributed by atoms with Gasteiger partial charge in [0.15, 0.2) is 0 Å². The van der Waals surface area contributed by atoms with Crippen molar-refractivity contribution in [3.8, 4) is 5.75 Å². The lowest BCUT2D eigenvalue weighted by Gasteiger charge is -2.34. The second kappa shape index (κ2) is 12.1. The smallest absolute Gasteiger partial charge is 0.123 e. The summed E-state index contributed by atoms with van der Waals surface area (Å²) in [5, 5.41) is 0. The van der Waals surface area contributed by atoms with Crippen molar-refractivity contribution >= 4 is 0 Å². The van der Waals surface area contributed by atoms with Crippen molar-refractivity contribution in [3.63, 3.8) is 0 Å². The summed E-state index contributed by atoms with van der Waals surface area (Å²) in [5.74, 6) is 0.606. The van der Waals surface area contributed by atoms with Crippen LogP contribution in [0.2, 0.25) is 0 Å². The van der Waals surface area contributed by atoms with Gasteiger partial charge in [0.25, 0.3) is 0 Å². The summed E-state index contributed by atoms with van der Waals surface area (Å²) in [5.41, 5.74) is 3.39. The molecule has 180 valence electrons. The van der Waals surface area contributed by atoms with Gasteiger partial charge >= 0.3 is 0 Å². The summed E-state index contributed by atoms with van der Waals surface area (Å²) >= 11 is 0. The molecule has 0 aromatic heterocycles. The zero-order valence-electron chi connectivity index (χ0n) is 19.9. The molecule has 1 saturated heterocycles. The molecule has 0 spiro atoms. The molecule has 3 aromatic carbocycles. The Labute approximate surface area is 202 Å². The Morgan fingerprint density at radius 1 is 0.706 bits per heavy atom. The zero-order valence-corrected chi connectivity index (χ0v) is 19.9. The lowest BCUT2D eigenvalue weighted by molar-refractivity contribution is 0.115. The Balaban J connectivity index is 1.21. The number of piperazine rings is 1. The molecular weight excluding hydrogens is 430 g/mol. The van der Waals surface area contributed by atoms with Crippen LogP contribution in [0.25, 0.3) is 0 Å². The van der Waals surface area contributed by atoms with Crippen LogP contribution in [-0.4, -0.2) is 55.7 Å². The number of nitrogens with zero attached hydrogens (tertiary/aromatic N) is 2. The predicted octanol–water partition coefficient (Wildman–Crippen LogP) is 5.88. The molecule has 0 unspecified atom stereocenters. The largest absolute Gasteiger partial charge is 0.492 e. The fourth-order valence-electron chi connectivity index (χ4n) is 4.60. The Morgan fingerprint density at radius 3 is 1.74 bits per heavy atom. The molecule has 1 fully saturated rings. The summed E-state index contributed by atoms with van der Waals surface area (Å²) in [7, 11) is 0. The van der Waals surface area contributed by atoms with E-state index >= 15 is 0 Å². The van der Waals surface area contributed by atoms with Crippen molar-refractivity contribution in [3.05, 3.63) is 101 Å². The summed E-state index contributed by atoms with van der Waals surface area (Å²) in [6.07, 6.45) is 1.98. The fraction of sp³-hybridized carbons (Fsp3) is 0.379. The number of benzene rings is 3.